The standard InChI is InChI=1S/C28H32O4/c1-4-6-20-31-26-15-13-25(14-16-26)28(29)32-27-17-11-24(12-18-27)23-9-7-22(8-10-23)21(3)30-19-5-2/h7-18,21H,4-6,19-20H2,1-3H3. The minimum Gasteiger partial charge on any atom is -0.494 e. The van der Waals surface area contributed by atoms with Gasteiger partial charge in [-0.15, -0.1) is 0 Å². The van der Waals surface area contributed by atoms with Crippen molar-refractivity contribution >= 4 is 5.97 Å². The smallest absolute Gasteiger partial charge is 0.343 e. The highest BCUT2D eigenvalue weighted by Crippen LogP contribution is 2.26. The van der Waals surface area contributed by atoms with Crippen molar-refractivity contribution in [3.8, 4) is 22.6 Å². The molecule has 4 nitrogen and oxygen atoms in total. The summed E-state index contributed by atoms with van der Waals surface area (Å²) in [5.41, 5.74) is 3.82. The third kappa shape index (κ3) is 6.69. The molecule has 0 N–H and O–H groups in total. The van der Waals surface area contributed by atoms with Crippen molar-refractivity contribution in [2.45, 2.75) is 46.1 Å². The summed E-state index contributed by atoms with van der Waals surface area (Å²) in [5.74, 6) is 0.889. The summed E-state index contributed by atoms with van der Waals surface area (Å²) >= 11 is 0. The molecule has 1 unspecified atom stereocenters. The van der Waals surface area contributed by atoms with Gasteiger partial charge in [-0.05, 0) is 72.9 Å². The molecule has 0 radical (unpaired) electrons. The second kappa shape index (κ2) is 12.1. The molecule has 0 aliphatic heterocycles. The fourth-order valence-electron chi connectivity index (χ4n) is 3.24. The molecule has 0 fully saturated rings. The SMILES string of the molecule is CCCCOc1ccc(C(=O)Oc2ccc(-c3ccc(C(C)OCCC)cc3)cc2)cc1. The van der Waals surface area contributed by atoms with Crippen LogP contribution in [0.4, 0.5) is 0 Å². The Bertz CT molecular complexity index is 960. The first-order chi connectivity index (χ1) is 15.6. The fraction of sp³-hybridized carbons (Fsp3) is 0.321. The normalized spacial score (nSPS) is 11.7. The monoisotopic (exact) mass is 432 g/mol. The van der Waals surface area contributed by atoms with E-state index in [0.29, 0.717) is 17.9 Å². The zero-order valence-electron chi connectivity index (χ0n) is 19.2. The number of unbranched alkanes of at least 4 members (excludes halogenated alkanes) is 1. The van der Waals surface area contributed by atoms with Crippen LogP contribution in [-0.4, -0.2) is 19.2 Å². The van der Waals surface area contributed by atoms with Crippen LogP contribution >= 0.6 is 0 Å². The fourth-order valence-corrected chi connectivity index (χ4v) is 3.24. The maximum atomic E-state index is 12.4. The average molecular weight is 433 g/mol. The van der Waals surface area contributed by atoms with Crippen molar-refractivity contribution in [3.63, 3.8) is 0 Å². The van der Waals surface area contributed by atoms with E-state index >= 15 is 0 Å². The lowest BCUT2D eigenvalue weighted by atomic mass is 10.0. The zero-order chi connectivity index (χ0) is 22.8. The molecular formula is C28H32O4. The Kier molecular flexibility index (Phi) is 8.88. The van der Waals surface area contributed by atoms with E-state index in [-0.39, 0.29) is 12.1 Å². The second-order valence-corrected chi connectivity index (χ2v) is 7.78. The van der Waals surface area contributed by atoms with Gasteiger partial charge in [-0.2, -0.15) is 0 Å². The maximum absolute atomic E-state index is 12.4. The minimum atomic E-state index is -0.386. The molecule has 0 bridgehead atoms. The topological polar surface area (TPSA) is 44.8 Å². The van der Waals surface area contributed by atoms with Crippen LogP contribution in [0.2, 0.25) is 0 Å². The van der Waals surface area contributed by atoms with Crippen LogP contribution < -0.4 is 9.47 Å². The molecule has 0 saturated heterocycles. The molecule has 3 aromatic carbocycles. The molecule has 0 aliphatic carbocycles. The molecule has 0 aromatic heterocycles. The van der Waals surface area contributed by atoms with Gasteiger partial charge < -0.3 is 14.2 Å². The van der Waals surface area contributed by atoms with Crippen molar-refractivity contribution in [2.75, 3.05) is 13.2 Å². The van der Waals surface area contributed by atoms with E-state index in [1.165, 1.54) is 0 Å². The lowest BCUT2D eigenvalue weighted by Crippen LogP contribution is -2.08. The van der Waals surface area contributed by atoms with Crippen LogP contribution in [0, 0.1) is 0 Å². The van der Waals surface area contributed by atoms with Crippen LogP contribution in [0.25, 0.3) is 11.1 Å². The van der Waals surface area contributed by atoms with Gasteiger partial charge in [-0.25, -0.2) is 4.79 Å². The molecule has 0 saturated carbocycles. The highest BCUT2D eigenvalue weighted by molar-refractivity contribution is 5.91. The number of ether oxygens (including phenoxy) is 3. The summed E-state index contributed by atoms with van der Waals surface area (Å²) < 4.78 is 16.9. The predicted octanol–water partition coefficient (Wildman–Crippen LogP) is 7.24. The van der Waals surface area contributed by atoms with Crippen LogP contribution in [-0.2, 0) is 4.74 Å². The molecule has 168 valence electrons. The summed E-state index contributed by atoms with van der Waals surface area (Å²) in [7, 11) is 0. The molecule has 0 amide bonds. The molecule has 0 heterocycles. The Labute approximate surface area is 191 Å². The molecule has 0 spiro atoms. The summed E-state index contributed by atoms with van der Waals surface area (Å²) in [6.45, 7) is 7.74. The van der Waals surface area contributed by atoms with Gasteiger partial charge in [0.05, 0.1) is 18.3 Å². The molecule has 3 rings (SSSR count). The van der Waals surface area contributed by atoms with Gasteiger partial charge in [0.1, 0.15) is 11.5 Å². The van der Waals surface area contributed by atoms with Crippen molar-refractivity contribution in [2.24, 2.45) is 0 Å². The molecule has 0 aliphatic rings. The van der Waals surface area contributed by atoms with Crippen LogP contribution in [0.5, 0.6) is 11.5 Å². The summed E-state index contributed by atoms with van der Waals surface area (Å²) in [6.07, 6.45) is 3.19. The molecule has 3 aromatic rings. The van der Waals surface area contributed by atoms with E-state index in [1.54, 1.807) is 24.3 Å². The van der Waals surface area contributed by atoms with Crippen molar-refractivity contribution in [1.82, 2.24) is 0 Å². The van der Waals surface area contributed by atoms with Gasteiger partial charge >= 0.3 is 5.97 Å². The van der Waals surface area contributed by atoms with E-state index in [4.69, 9.17) is 14.2 Å². The Morgan fingerprint density at radius 3 is 1.94 bits per heavy atom. The number of rotatable bonds is 11. The van der Waals surface area contributed by atoms with Gasteiger partial charge in [0.15, 0.2) is 0 Å². The van der Waals surface area contributed by atoms with Crippen LogP contribution in [0.15, 0.2) is 72.8 Å². The summed E-state index contributed by atoms with van der Waals surface area (Å²) in [4.78, 5) is 12.4. The second-order valence-electron chi connectivity index (χ2n) is 7.78. The van der Waals surface area contributed by atoms with Gasteiger partial charge in [-0.1, -0.05) is 56.7 Å². The van der Waals surface area contributed by atoms with Gasteiger partial charge in [0.2, 0.25) is 0 Å². The third-order valence-corrected chi connectivity index (χ3v) is 5.21. The zero-order valence-corrected chi connectivity index (χ0v) is 19.2. The van der Waals surface area contributed by atoms with E-state index in [2.05, 4.69) is 45.0 Å². The number of hydrogen-bond donors (Lipinski definition) is 0. The first kappa shape index (κ1) is 23.6. The van der Waals surface area contributed by atoms with Crippen molar-refractivity contribution in [1.29, 1.82) is 0 Å². The maximum Gasteiger partial charge on any atom is 0.343 e. The number of carbonyl (C=O) groups excluding carboxylic acids is 1. The highest BCUT2D eigenvalue weighted by Gasteiger charge is 2.10. The van der Waals surface area contributed by atoms with Crippen LogP contribution in [0.3, 0.4) is 0 Å². The molecular weight excluding hydrogens is 400 g/mol. The quantitative estimate of drug-likeness (QED) is 0.182. The lowest BCUT2D eigenvalue weighted by Gasteiger charge is -2.13. The van der Waals surface area contributed by atoms with E-state index < -0.39 is 0 Å². The van der Waals surface area contributed by atoms with E-state index in [0.717, 1.165) is 48.3 Å². The number of esters is 1. The first-order valence-electron chi connectivity index (χ1n) is 11.4. The Morgan fingerprint density at radius 2 is 1.34 bits per heavy atom. The molecule has 32 heavy (non-hydrogen) atoms. The van der Waals surface area contributed by atoms with Crippen molar-refractivity contribution in [3.05, 3.63) is 83.9 Å². The number of carbonyl (C=O) groups is 1. The van der Waals surface area contributed by atoms with E-state index in [1.807, 2.05) is 24.3 Å². The Hall–Kier alpha value is -3.11. The van der Waals surface area contributed by atoms with Gasteiger partial charge in [0.25, 0.3) is 0 Å². The number of hydrogen-bond acceptors (Lipinski definition) is 4. The van der Waals surface area contributed by atoms with E-state index in [9.17, 15) is 4.79 Å². The van der Waals surface area contributed by atoms with Crippen molar-refractivity contribution < 1.29 is 19.0 Å². The Balaban J connectivity index is 1.58. The average Bonchev–Trinajstić information content (AvgIpc) is 2.83. The number of benzene rings is 3. The first-order valence-corrected chi connectivity index (χ1v) is 11.4. The molecule has 1 atom stereocenters. The highest BCUT2D eigenvalue weighted by atomic mass is 16.5. The summed E-state index contributed by atoms with van der Waals surface area (Å²) in [6, 6.07) is 23.0. The largest absolute Gasteiger partial charge is 0.494 e. The predicted molar refractivity (Wildman–Crippen MR) is 128 cm³/mol. The lowest BCUT2D eigenvalue weighted by molar-refractivity contribution is 0.0663. The third-order valence-electron chi connectivity index (χ3n) is 5.21. The van der Waals surface area contributed by atoms with Crippen LogP contribution in [0.1, 0.15) is 62.1 Å². The summed E-state index contributed by atoms with van der Waals surface area (Å²) in [5, 5.41) is 0. The van der Waals surface area contributed by atoms with Gasteiger partial charge in [0, 0.05) is 6.61 Å². The molecule has 4 heteroatoms. The Morgan fingerprint density at radius 1 is 0.750 bits per heavy atom. The minimum absolute atomic E-state index is 0.0859. The van der Waals surface area contributed by atoms with Gasteiger partial charge in [-0.3, -0.25) is 0 Å².